The number of benzene rings is 1. The Balaban J connectivity index is 3.06. The van der Waals surface area contributed by atoms with Crippen molar-refractivity contribution in [3.63, 3.8) is 0 Å². The van der Waals surface area contributed by atoms with Crippen molar-refractivity contribution in [2.24, 2.45) is 0 Å². The first-order valence-electron chi connectivity index (χ1n) is 4.75. The number of aryl methyl sites for hydroxylation is 3. The molecule has 0 unspecified atom stereocenters. The van der Waals surface area contributed by atoms with Crippen LogP contribution in [0.3, 0.4) is 0 Å². The number of aliphatic hydroxyl groups is 1. The van der Waals surface area contributed by atoms with Crippen molar-refractivity contribution in [1.82, 2.24) is 0 Å². The highest BCUT2D eigenvalue weighted by Crippen LogP contribution is 2.17. The standard InChI is InChI=1S/C12H18O/c1-8-5-9(2)12(7-11(4)13)10(3)6-8/h5-6,11,13H,7H2,1-4H3/t11-/m1/s1. The minimum Gasteiger partial charge on any atom is -0.393 e. The van der Waals surface area contributed by atoms with Crippen molar-refractivity contribution >= 4 is 0 Å². The van der Waals surface area contributed by atoms with Crippen molar-refractivity contribution in [2.75, 3.05) is 0 Å². The van der Waals surface area contributed by atoms with Gasteiger partial charge in [-0.25, -0.2) is 0 Å². The molecule has 0 heterocycles. The molecule has 13 heavy (non-hydrogen) atoms. The first-order chi connectivity index (χ1) is 6.00. The first-order valence-corrected chi connectivity index (χ1v) is 4.75. The Labute approximate surface area is 80.4 Å². The summed E-state index contributed by atoms with van der Waals surface area (Å²) in [7, 11) is 0. The van der Waals surface area contributed by atoms with Crippen LogP contribution >= 0.6 is 0 Å². The van der Waals surface area contributed by atoms with Crippen molar-refractivity contribution in [2.45, 2.75) is 40.2 Å². The monoisotopic (exact) mass is 178 g/mol. The van der Waals surface area contributed by atoms with Crippen LogP contribution in [0.25, 0.3) is 0 Å². The lowest BCUT2D eigenvalue weighted by molar-refractivity contribution is 0.195. The summed E-state index contributed by atoms with van der Waals surface area (Å²) in [6, 6.07) is 4.34. The van der Waals surface area contributed by atoms with Gasteiger partial charge in [-0.3, -0.25) is 0 Å². The predicted octanol–water partition coefficient (Wildman–Crippen LogP) is 2.54. The highest BCUT2D eigenvalue weighted by atomic mass is 16.3. The van der Waals surface area contributed by atoms with Gasteiger partial charge in [0.25, 0.3) is 0 Å². The van der Waals surface area contributed by atoms with Crippen molar-refractivity contribution < 1.29 is 5.11 Å². The van der Waals surface area contributed by atoms with E-state index < -0.39 is 0 Å². The van der Waals surface area contributed by atoms with E-state index in [1.807, 2.05) is 6.92 Å². The van der Waals surface area contributed by atoms with Crippen LogP contribution in [0.1, 0.15) is 29.2 Å². The van der Waals surface area contributed by atoms with Gasteiger partial charge >= 0.3 is 0 Å². The zero-order chi connectivity index (χ0) is 10.0. The highest BCUT2D eigenvalue weighted by molar-refractivity contribution is 5.37. The minimum absolute atomic E-state index is 0.250. The maximum Gasteiger partial charge on any atom is 0.0552 e. The van der Waals surface area contributed by atoms with Gasteiger partial charge in [-0.05, 0) is 50.8 Å². The molecular weight excluding hydrogens is 160 g/mol. The normalized spacial score (nSPS) is 13.0. The van der Waals surface area contributed by atoms with Gasteiger partial charge in [-0.15, -0.1) is 0 Å². The maximum atomic E-state index is 9.32. The Bertz CT molecular complexity index is 277. The van der Waals surface area contributed by atoms with E-state index in [0.29, 0.717) is 0 Å². The number of hydrogen-bond acceptors (Lipinski definition) is 1. The number of hydrogen-bond donors (Lipinski definition) is 1. The molecule has 0 aliphatic carbocycles. The van der Waals surface area contributed by atoms with Crippen LogP contribution in [-0.4, -0.2) is 11.2 Å². The Kier molecular flexibility index (Phi) is 3.10. The molecule has 0 fully saturated rings. The van der Waals surface area contributed by atoms with Gasteiger partial charge in [0.15, 0.2) is 0 Å². The summed E-state index contributed by atoms with van der Waals surface area (Å²) in [6.45, 7) is 8.15. The van der Waals surface area contributed by atoms with Gasteiger partial charge in [0.1, 0.15) is 0 Å². The topological polar surface area (TPSA) is 20.2 Å². The molecule has 1 aromatic carbocycles. The first kappa shape index (κ1) is 10.3. The summed E-state index contributed by atoms with van der Waals surface area (Å²) in [4.78, 5) is 0. The highest BCUT2D eigenvalue weighted by Gasteiger charge is 2.06. The average Bonchev–Trinajstić information content (AvgIpc) is 1.96. The van der Waals surface area contributed by atoms with Gasteiger partial charge in [0.2, 0.25) is 0 Å². The van der Waals surface area contributed by atoms with Crippen molar-refractivity contribution in [1.29, 1.82) is 0 Å². The lowest BCUT2D eigenvalue weighted by atomic mass is 9.96. The second-order valence-corrected chi connectivity index (χ2v) is 3.93. The largest absolute Gasteiger partial charge is 0.393 e. The van der Waals surface area contributed by atoms with Crippen LogP contribution in [-0.2, 0) is 6.42 Å². The van der Waals surface area contributed by atoms with Crippen LogP contribution in [0.2, 0.25) is 0 Å². The molecule has 1 N–H and O–H groups in total. The predicted molar refractivity (Wildman–Crippen MR) is 56.0 cm³/mol. The molecule has 0 spiro atoms. The van der Waals surface area contributed by atoms with E-state index in [0.717, 1.165) is 6.42 Å². The minimum atomic E-state index is -0.250. The van der Waals surface area contributed by atoms with E-state index in [1.54, 1.807) is 0 Å². The van der Waals surface area contributed by atoms with E-state index in [-0.39, 0.29) is 6.10 Å². The molecule has 0 bridgehead atoms. The molecular formula is C12H18O. The van der Waals surface area contributed by atoms with E-state index in [9.17, 15) is 5.11 Å². The molecule has 0 saturated heterocycles. The molecule has 1 rings (SSSR count). The molecule has 0 aliphatic heterocycles. The number of rotatable bonds is 2. The van der Waals surface area contributed by atoms with Crippen molar-refractivity contribution in [3.05, 3.63) is 34.4 Å². The molecule has 72 valence electrons. The van der Waals surface area contributed by atoms with Crippen LogP contribution in [0.4, 0.5) is 0 Å². The average molecular weight is 178 g/mol. The van der Waals surface area contributed by atoms with Gasteiger partial charge in [0.05, 0.1) is 6.10 Å². The van der Waals surface area contributed by atoms with Gasteiger partial charge in [-0.2, -0.15) is 0 Å². The van der Waals surface area contributed by atoms with Gasteiger partial charge in [0, 0.05) is 0 Å². The molecule has 0 aromatic heterocycles. The van der Waals surface area contributed by atoms with Gasteiger partial charge in [-0.1, -0.05) is 17.7 Å². The second-order valence-electron chi connectivity index (χ2n) is 3.93. The maximum absolute atomic E-state index is 9.32. The zero-order valence-electron chi connectivity index (χ0n) is 8.89. The van der Waals surface area contributed by atoms with Crippen molar-refractivity contribution in [3.8, 4) is 0 Å². The fraction of sp³-hybridized carbons (Fsp3) is 0.500. The molecule has 0 saturated carbocycles. The Morgan fingerprint density at radius 2 is 1.62 bits per heavy atom. The molecule has 1 heteroatoms. The third-order valence-corrected chi connectivity index (χ3v) is 2.34. The Morgan fingerprint density at radius 1 is 1.15 bits per heavy atom. The molecule has 1 nitrogen and oxygen atoms in total. The van der Waals surface area contributed by atoms with Crippen LogP contribution in [0.15, 0.2) is 12.1 Å². The quantitative estimate of drug-likeness (QED) is 0.738. The fourth-order valence-electron chi connectivity index (χ4n) is 1.83. The molecule has 0 amide bonds. The molecule has 0 aliphatic rings. The van der Waals surface area contributed by atoms with Gasteiger partial charge < -0.3 is 5.11 Å². The summed E-state index contributed by atoms with van der Waals surface area (Å²) < 4.78 is 0. The Morgan fingerprint density at radius 3 is 2.00 bits per heavy atom. The lowest BCUT2D eigenvalue weighted by Gasteiger charge is -2.12. The summed E-state index contributed by atoms with van der Waals surface area (Å²) in [6.07, 6.45) is 0.512. The van der Waals surface area contributed by atoms with Crippen LogP contribution < -0.4 is 0 Å². The molecule has 1 atom stereocenters. The summed E-state index contributed by atoms with van der Waals surface area (Å²) >= 11 is 0. The third-order valence-electron chi connectivity index (χ3n) is 2.34. The zero-order valence-corrected chi connectivity index (χ0v) is 8.89. The van der Waals surface area contributed by atoms with E-state index >= 15 is 0 Å². The molecule has 1 aromatic rings. The summed E-state index contributed by atoms with van der Waals surface area (Å²) in [5, 5.41) is 9.32. The third kappa shape index (κ3) is 2.56. The second kappa shape index (κ2) is 3.93. The van der Waals surface area contributed by atoms with E-state index in [2.05, 4.69) is 32.9 Å². The molecule has 0 radical (unpaired) electrons. The fourth-order valence-corrected chi connectivity index (χ4v) is 1.83. The van der Waals surface area contributed by atoms with E-state index in [1.165, 1.54) is 22.3 Å². The SMILES string of the molecule is Cc1cc(C)c(C[C@@H](C)O)c(C)c1. The van der Waals surface area contributed by atoms with Crippen LogP contribution in [0.5, 0.6) is 0 Å². The smallest absolute Gasteiger partial charge is 0.0552 e. The Hall–Kier alpha value is -0.820. The lowest BCUT2D eigenvalue weighted by Crippen LogP contribution is -2.07. The number of aliphatic hydroxyl groups excluding tert-OH is 1. The van der Waals surface area contributed by atoms with Crippen LogP contribution in [0, 0.1) is 20.8 Å². The summed E-state index contributed by atoms with van der Waals surface area (Å²) in [5.41, 5.74) is 5.17. The summed E-state index contributed by atoms with van der Waals surface area (Å²) in [5.74, 6) is 0. The van der Waals surface area contributed by atoms with E-state index in [4.69, 9.17) is 0 Å².